The second-order valence-electron chi connectivity index (χ2n) is 2.67. The number of carbonyl (C=O) groups excluding carboxylic acids is 1. The van der Waals surface area contributed by atoms with Gasteiger partial charge in [-0.2, -0.15) is 0 Å². The van der Waals surface area contributed by atoms with E-state index in [-0.39, 0.29) is 10.6 Å². The van der Waals surface area contributed by atoms with Crippen molar-refractivity contribution in [3.63, 3.8) is 0 Å². The number of carbonyl (C=O) groups is 1. The van der Waals surface area contributed by atoms with Gasteiger partial charge in [0.1, 0.15) is 5.75 Å². The summed E-state index contributed by atoms with van der Waals surface area (Å²) in [5, 5.41) is 0.248. The summed E-state index contributed by atoms with van der Waals surface area (Å²) in [6, 6.07) is 2.95. The molecule has 0 aliphatic heterocycles. The van der Waals surface area contributed by atoms with Crippen LogP contribution in [0.15, 0.2) is 12.1 Å². The molecule has 0 saturated carbocycles. The third kappa shape index (κ3) is 2.31. The lowest BCUT2D eigenvalue weighted by Gasteiger charge is -2.10. The zero-order valence-electron chi connectivity index (χ0n) is 8.33. The van der Waals surface area contributed by atoms with Crippen LogP contribution < -0.4 is 16.0 Å². The molecule has 0 radical (unpaired) electrons. The van der Waals surface area contributed by atoms with Gasteiger partial charge in [-0.25, -0.2) is 4.79 Å². The van der Waals surface area contributed by atoms with E-state index in [0.717, 1.165) is 0 Å². The van der Waals surface area contributed by atoms with Crippen molar-refractivity contribution in [1.29, 1.82) is 0 Å². The van der Waals surface area contributed by atoms with E-state index in [4.69, 9.17) is 22.2 Å². The molecule has 0 atom stereocenters. The van der Waals surface area contributed by atoms with Gasteiger partial charge in [0.2, 0.25) is 0 Å². The van der Waals surface area contributed by atoms with Gasteiger partial charge in [0.25, 0.3) is 0 Å². The van der Waals surface area contributed by atoms with Crippen molar-refractivity contribution in [3.05, 3.63) is 22.7 Å². The Balaban J connectivity index is 3.25. The maximum atomic E-state index is 11.3. The topological polar surface area (TPSA) is 73.6 Å². The van der Waals surface area contributed by atoms with E-state index in [2.05, 4.69) is 10.2 Å². The summed E-state index contributed by atoms with van der Waals surface area (Å²) in [6.07, 6.45) is 0. The number of nitrogens with two attached hydrogens (primary N) is 1. The van der Waals surface area contributed by atoms with Crippen molar-refractivity contribution in [2.24, 2.45) is 5.84 Å². The largest absolute Gasteiger partial charge is 0.494 e. The number of esters is 1. The third-order valence-electron chi connectivity index (χ3n) is 1.85. The van der Waals surface area contributed by atoms with E-state index >= 15 is 0 Å². The quantitative estimate of drug-likeness (QED) is 0.467. The van der Waals surface area contributed by atoms with E-state index in [0.29, 0.717) is 11.4 Å². The van der Waals surface area contributed by atoms with Crippen molar-refractivity contribution in [2.45, 2.75) is 0 Å². The number of ether oxygens (including phenoxy) is 2. The molecule has 82 valence electrons. The fraction of sp³-hybridized carbons (Fsp3) is 0.222. The highest BCUT2D eigenvalue weighted by Gasteiger charge is 2.14. The summed E-state index contributed by atoms with van der Waals surface area (Å²) >= 11 is 5.86. The van der Waals surface area contributed by atoms with Crippen LogP contribution in [0.2, 0.25) is 5.02 Å². The van der Waals surface area contributed by atoms with Crippen molar-refractivity contribution in [3.8, 4) is 5.75 Å². The highest BCUT2D eigenvalue weighted by atomic mass is 35.5. The summed E-state index contributed by atoms with van der Waals surface area (Å²) in [5.74, 6) is 5.19. The molecule has 0 heterocycles. The molecule has 0 aromatic heterocycles. The van der Waals surface area contributed by atoms with Gasteiger partial charge in [0.05, 0.1) is 30.5 Å². The lowest BCUT2D eigenvalue weighted by Crippen LogP contribution is -2.10. The standard InChI is InChI=1S/C9H11ClN2O3/c1-14-8-4-6(10)5(9(13)15-2)3-7(8)12-11/h3-4,12H,11H2,1-2H3. The van der Waals surface area contributed by atoms with Crippen molar-refractivity contribution < 1.29 is 14.3 Å². The Kier molecular flexibility index (Phi) is 3.76. The molecule has 0 aliphatic carbocycles. The summed E-state index contributed by atoms with van der Waals surface area (Å²) in [6.45, 7) is 0. The van der Waals surface area contributed by atoms with Crippen LogP contribution in [0.5, 0.6) is 5.75 Å². The van der Waals surface area contributed by atoms with Crippen LogP contribution >= 0.6 is 11.6 Å². The Morgan fingerprint density at radius 2 is 2.13 bits per heavy atom. The van der Waals surface area contributed by atoms with Gasteiger partial charge in [-0.05, 0) is 6.07 Å². The predicted octanol–water partition coefficient (Wildman–Crippen LogP) is 1.42. The molecule has 1 aromatic rings. The molecule has 0 fully saturated rings. The zero-order chi connectivity index (χ0) is 11.4. The molecule has 3 N–H and O–H groups in total. The van der Waals surface area contributed by atoms with Gasteiger partial charge in [0.15, 0.2) is 0 Å². The molecule has 0 bridgehead atoms. The lowest BCUT2D eigenvalue weighted by atomic mass is 10.2. The Bertz CT molecular complexity index is 382. The number of nitrogens with one attached hydrogen (secondary N) is 1. The summed E-state index contributed by atoms with van der Waals surface area (Å²) in [7, 11) is 2.75. The molecule has 1 aromatic carbocycles. The Labute approximate surface area is 92.1 Å². The SMILES string of the molecule is COC(=O)c1cc(NN)c(OC)cc1Cl. The first kappa shape index (κ1) is 11.6. The molecule has 0 amide bonds. The van der Waals surface area contributed by atoms with Crippen molar-refractivity contribution >= 4 is 23.3 Å². The molecule has 0 unspecified atom stereocenters. The fourth-order valence-electron chi connectivity index (χ4n) is 1.10. The second kappa shape index (κ2) is 4.86. The normalized spacial score (nSPS) is 9.60. The number of methoxy groups -OCH3 is 2. The minimum absolute atomic E-state index is 0.230. The lowest BCUT2D eigenvalue weighted by molar-refractivity contribution is 0.0601. The maximum Gasteiger partial charge on any atom is 0.339 e. The van der Waals surface area contributed by atoms with Crippen LogP contribution in [0.25, 0.3) is 0 Å². The number of benzene rings is 1. The van der Waals surface area contributed by atoms with Gasteiger partial charge in [-0.1, -0.05) is 11.6 Å². The van der Waals surface area contributed by atoms with E-state index in [1.807, 2.05) is 0 Å². The van der Waals surface area contributed by atoms with Gasteiger partial charge in [-0.15, -0.1) is 0 Å². The smallest absolute Gasteiger partial charge is 0.339 e. The molecule has 15 heavy (non-hydrogen) atoms. The number of hydrazine groups is 1. The van der Waals surface area contributed by atoms with E-state index in [9.17, 15) is 4.79 Å². The number of hydrogen-bond donors (Lipinski definition) is 2. The van der Waals surface area contributed by atoms with Crippen LogP contribution in [0.3, 0.4) is 0 Å². The van der Waals surface area contributed by atoms with Crippen LogP contribution in [-0.2, 0) is 4.74 Å². The first-order valence-electron chi connectivity index (χ1n) is 4.06. The Morgan fingerprint density at radius 1 is 1.47 bits per heavy atom. The third-order valence-corrected chi connectivity index (χ3v) is 2.16. The zero-order valence-corrected chi connectivity index (χ0v) is 9.09. The van der Waals surface area contributed by atoms with Crippen LogP contribution in [0.4, 0.5) is 5.69 Å². The van der Waals surface area contributed by atoms with Gasteiger partial charge < -0.3 is 14.9 Å². The van der Waals surface area contributed by atoms with Crippen molar-refractivity contribution in [1.82, 2.24) is 0 Å². The molecule has 5 nitrogen and oxygen atoms in total. The number of hydrogen-bond acceptors (Lipinski definition) is 5. The minimum atomic E-state index is -0.529. The number of rotatable bonds is 3. The fourth-order valence-corrected chi connectivity index (χ4v) is 1.33. The van der Waals surface area contributed by atoms with Crippen LogP contribution in [-0.4, -0.2) is 20.2 Å². The molecule has 0 aliphatic rings. The summed E-state index contributed by atoms with van der Waals surface area (Å²) in [5.41, 5.74) is 3.09. The molecule has 1 rings (SSSR count). The Hall–Kier alpha value is -1.46. The van der Waals surface area contributed by atoms with Crippen LogP contribution in [0.1, 0.15) is 10.4 Å². The summed E-state index contributed by atoms with van der Waals surface area (Å²) < 4.78 is 9.56. The highest BCUT2D eigenvalue weighted by Crippen LogP contribution is 2.30. The minimum Gasteiger partial charge on any atom is -0.494 e. The molecule has 0 spiro atoms. The monoisotopic (exact) mass is 230 g/mol. The highest BCUT2D eigenvalue weighted by molar-refractivity contribution is 6.33. The predicted molar refractivity (Wildman–Crippen MR) is 57.2 cm³/mol. The maximum absolute atomic E-state index is 11.3. The first-order chi connectivity index (χ1) is 7.13. The molecule has 6 heteroatoms. The van der Waals surface area contributed by atoms with E-state index < -0.39 is 5.97 Å². The number of nitrogen functional groups attached to an aromatic ring is 1. The number of halogens is 1. The second-order valence-corrected chi connectivity index (χ2v) is 3.08. The first-order valence-corrected chi connectivity index (χ1v) is 4.44. The van der Waals surface area contributed by atoms with Crippen molar-refractivity contribution in [2.75, 3.05) is 19.6 Å². The van der Waals surface area contributed by atoms with Gasteiger partial charge in [0, 0.05) is 6.07 Å². The average molecular weight is 231 g/mol. The average Bonchev–Trinajstić information content (AvgIpc) is 2.27. The molecule has 0 saturated heterocycles. The van der Waals surface area contributed by atoms with Gasteiger partial charge >= 0.3 is 5.97 Å². The van der Waals surface area contributed by atoms with Crippen LogP contribution in [0, 0.1) is 0 Å². The number of anilines is 1. The molecular weight excluding hydrogens is 220 g/mol. The Morgan fingerprint density at radius 3 is 2.60 bits per heavy atom. The summed E-state index contributed by atoms with van der Waals surface area (Å²) in [4.78, 5) is 11.3. The van der Waals surface area contributed by atoms with E-state index in [1.54, 1.807) is 0 Å². The molecular formula is C9H11ClN2O3. The van der Waals surface area contributed by atoms with Gasteiger partial charge in [-0.3, -0.25) is 5.84 Å². The van der Waals surface area contributed by atoms with E-state index in [1.165, 1.54) is 26.4 Å².